The van der Waals surface area contributed by atoms with E-state index in [9.17, 15) is 14.7 Å². The van der Waals surface area contributed by atoms with Gasteiger partial charge in [0.25, 0.3) is 5.91 Å². The molecular formula is C16H22ClN3O3. The highest BCUT2D eigenvalue weighted by Crippen LogP contribution is 2.15. The van der Waals surface area contributed by atoms with Gasteiger partial charge in [-0.2, -0.15) is 0 Å². The second-order valence-corrected chi connectivity index (χ2v) is 5.82. The summed E-state index contributed by atoms with van der Waals surface area (Å²) in [6.07, 6.45) is 1.95. The van der Waals surface area contributed by atoms with Gasteiger partial charge in [0, 0.05) is 31.7 Å². The normalized spacial score (nSPS) is 21.0. The van der Waals surface area contributed by atoms with Crippen LogP contribution < -0.4 is 5.32 Å². The molecule has 2 aliphatic heterocycles. The predicted molar refractivity (Wildman–Crippen MR) is 88.9 cm³/mol. The van der Waals surface area contributed by atoms with Crippen LogP contribution in [0.2, 0.25) is 0 Å². The van der Waals surface area contributed by atoms with Gasteiger partial charge in [-0.3, -0.25) is 9.59 Å². The Hall–Kier alpha value is -1.79. The van der Waals surface area contributed by atoms with Crippen LogP contribution in [0.15, 0.2) is 24.3 Å². The second kappa shape index (κ2) is 7.66. The Morgan fingerprint density at radius 3 is 2.43 bits per heavy atom. The average molecular weight is 340 g/mol. The number of phenols is 1. The minimum Gasteiger partial charge on any atom is -0.508 e. The molecule has 2 fully saturated rings. The van der Waals surface area contributed by atoms with Crippen LogP contribution in [-0.4, -0.2) is 65.5 Å². The van der Waals surface area contributed by atoms with E-state index in [1.807, 2.05) is 4.90 Å². The number of benzene rings is 1. The fourth-order valence-corrected chi connectivity index (χ4v) is 3.07. The number of aromatic hydroxyl groups is 1. The molecular weight excluding hydrogens is 318 g/mol. The number of hydrogen-bond donors (Lipinski definition) is 2. The summed E-state index contributed by atoms with van der Waals surface area (Å²) in [6, 6.07) is 6.33. The number of nitrogens with one attached hydrogen (secondary N) is 1. The SMILES string of the molecule is Cl.O=C(c1cccc(O)c1)N1CCN(C(=O)C2CCCN2)CC1. The molecule has 23 heavy (non-hydrogen) atoms. The van der Waals surface area contributed by atoms with Crippen LogP contribution in [0.25, 0.3) is 0 Å². The molecule has 6 nitrogen and oxygen atoms in total. The van der Waals surface area contributed by atoms with Crippen molar-refractivity contribution in [2.45, 2.75) is 18.9 Å². The van der Waals surface area contributed by atoms with Crippen LogP contribution in [0.5, 0.6) is 5.75 Å². The summed E-state index contributed by atoms with van der Waals surface area (Å²) in [5.74, 6) is 0.149. The molecule has 2 saturated heterocycles. The topological polar surface area (TPSA) is 72.9 Å². The van der Waals surface area contributed by atoms with E-state index in [1.54, 1.807) is 23.1 Å². The van der Waals surface area contributed by atoms with Crippen molar-refractivity contribution in [3.8, 4) is 5.75 Å². The number of carbonyl (C=O) groups excluding carboxylic acids is 2. The molecule has 2 amide bonds. The van der Waals surface area contributed by atoms with Gasteiger partial charge in [0.05, 0.1) is 6.04 Å². The minimum atomic E-state index is -0.0954. The largest absolute Gasteiger partial charge is 0.508 e. The molecule has 1 aromatic carbocycles. The Morgan fingerprint density at radius 1 is 1.13 bits per heavy atom. The van der Waals surface area contributed by atoms with Crippen molar-refractivity contribution in [1.82, 2.24) is 15.1 Å². The molecule has 0 aromatic heterocycles. The van der Waals surface area contributed by atoms with Crippen molar-refractivity contribution in [1.29, 1.82) is 0 Å². The average Bonchev–Trinajstić information content (AvgIpc) is 3.08. The Balaban J connectivity index is 0.00000192. The van der Waals surface area contributed by atoms with E-state index < -0.39 is 0 Å². The van der Waals surface area contributed by atoms with Gasteiger partial charge in [-0.05, 0) is 37.6 Å². The number of nitrogens with zero attached hydrogens (tertiary/aromatic N) is 2. The van der Waals surface area contributed by atoms with E-state index in [2.05, 4.69) is 5.32 Å². The fourth-order valence-electron chi connectivity index (χ4n) is 3.07. The maximum Gasteiger partial charge on any atom is 0.254 e. The van der Waals surface area contributed by atoms with E-state index >= 15 is 0 Å². The number of carbonyl (C=O) groups is 2. The Kier molecular flexibility index (Phi) is 5.85. The van der Waals surface area contributed by atoms with Crippen LogP contribution in [0.4, 0.5) is 0 Å². The van der Waals surface area contributed by atoms with Crippen LogP contribution in [0, 0.1) is 0 Å². The Morgan fingerprint density at radius 2 is 1.83 bits per heavy atom. The molecule has 2 N–H and O–H groups in total. The van der Waals surface area contributed by atoms with Gasteiger partial charge in [-0.25, -0.2) is 0 Å². The number of halogens is 1. The third kappa shape index (κ3) is 3.95. The lowest BCUT2D eigenvalue weighted by atomic mass is 10.1. The monoisotopic (exact) mass is 339 g/mol. The molecule has 1 unspecified atom stereocenters. The summed E-state index contributed by atoms with van der Waals surface area (Å²) in [4.78, 5) is 28.3. The molecule has 2 aliphatic rings. The summed E-state index contributed by atoms with van der Waals surface area (Å²) in [7, 11) is 0. The fraction of sp³-hybridized carbons (Fsp3) is 0.500. The first-order chi connectivity index (χ1) is 10.6. The summed E-state index contributed by atoms with van der Waals surface area (Å²) in [6.45, 7) is 3.12. The number of piperazine rings is 1. The van der Waals surface area contributed by atoms with Gasteiger partial charge in [-0.1, -0.05) is 6.07 Å². The highest BCUT2D eigenvalue weighted by molar-refractivity contribution is 5.94. The zero-order valence-corrected chi connectivity index (χ0v) is 13.7. The third-order valence-corrected chi connectivity index (χ3v) is 4.33. The van der Waals surface area contributed by atoms with Gasteiger partial charge in [0.2, 0.25) is 5.91 Å². The number of hydrogen-bond acceptors (Lipinski definition) is 4. The lowest BCUT2D eigenvalue weighted by Crippen LogP contribution is -2.54. The van der Waals surface area contributed by atoms with E-state index in [1.165, 1.54) is 6.07 Å². The van der Waals surface area contributed by atoms with Gasteiger partial charge in [0.15, 0.2) is 0 Å². The Bertz CT molecular complexity index is 567. The highest BCUT2D eigenvalue weighted by Gasteiger charge is 2.30. The zero-order chi connectivity index (χ0) is 15.5. The molecule has 1 aromatic rings. The van der Waals surface area contributed by atoms with Crippen LogP contribution in [-0.2, 0) is 4.79 Å². The molecule has 1 atom stereocenters. The van der Waals surface area contributed by atoms with Crippen molar-refractivity contribution >= 4 is 24.2 Å². The maximum absolute atomic E-state index is 12.4. The lowest BCUT2D eigenvalue weighted by molar-refractivity contribution is -0.134. The van der Waals surface area contributed by atoms with Crippen LogP contribution in [0.1, 0.15) is 23.2 Å². The van der Waals surface area contributed by atoms with Crippen molar-refractivity contribution in [2.24, 2.45) is 0 Å². The summed E-state index contributed by atoms with van der Waals surface area (Å²) in [5.41, 5.74) is 0.484. The first-order valence-electron chi connectivity index (χ1n) is 7.75. The van der Waals surface area contributed by atoms with E-state index in [4.69, 9.17) is 0 Å². The third-order valence-electron chi connectivity index (χ3n) is 4.33. The smallest absolute Gasteiger partial charge is 0.254 e. The molecule has 126 valence electrons. The van der Waals surface area contributed by atoms with E-state index in [-0.39, 0.29) is 36.0 Å². The van der Waals surface area contributed by atoms with Gasteiger partial charge in [-0.15, -0.1) is 12.4 Å². The minimum absolute atomic E-state index is 0. The summed E-state index contributed by atoms with van der Waals surface area (Å²) < 4.78 is 0. The summed E-state index contributed by atoms with van der Waals surface area (Å²) >= 11 is 0. The highest BCUT2D eigenvalue weighted by atomic mass is 35.5. The van der Waals surface area contributed by atoms with Crippen molar-refractivity contribution in [3.05, 3.63) is 29.8 Å². The van der Waals surface area contributed by atoms with E-state index in [0.717, 1.165) is 19.4 Å². The van der Waals surface area contributed by atoms with Crippen LogP contribution in [0.3, 0.4) is 0 Å². The molecule has 0 spiro atoms. The van der Waals surface area contributed by atoms with Crippen molar-refractivity contribution in [3.63, 3.8) is 0 Å². The lowest BCUT2D eigenvalue weighted by Gasteiger charge is -2.36. The number of amides is 2. The second-order valence-electron chi connectivity index (χ2n) is 5.82. The molecule has 7 heteroatoms. The maximum atomic E-state index is 12.4. The van der Waals surface area contributed by atoms with E-state index in [0.29, 0.717) is 31.7 Å². The van der Waals surface area contributed by atoms with Crippen molar-refractivity contribution in [2.75, 3.05) is 32.7 Å². The molecule has 0 radical (unpaired) electrons. The Labute approximate surface area is 141 Å². The zero-order valence-electron chi connectivity index (χ0n) is 12.9. The first kappa shape index (κ1) is 17.6. The van der Waals surface area contributed by atoms with Gasteiger partial charge in [0.1, 0.15) is 5.75 Å². The molecule has 2 heterocycles. The van der Waals surface area contributed by atoms with Gasteiger partial charge >= 0.3 is 0 Å². The first-order valence-corrected chi connectivity index (χ1v) is 7.75. The molecule has 0 bridgehead atoms. The predicted octanol–water partition coefficient (Wildman–Crippen LogP) is 0.850. The molecule has 0 saturated carbocycles. The standard InChI is InChI=1S/C16H21N3O3.ClH/c20-13-4-1-3-12(11-13)15(21)18-7-9-19(10-8-18)16(22)14-5-2-6-17-14;/h1,3-4,11,14,17,20H,2,5-10H2;1H. The van der Waals surface area contributed by atoms with Crippen LogP contribution >= 0.6 is 12.4 Å². The van der Waals surface area contributed by atoms with Crippen molar-refractivity contribution < 1.29 is 14.7 Å². The number of phenolic OH excluding ortho intramolecular Hbond substituents is 1. The number of rotatable bonds is 2. The quantitative estimate of drug-likeness (QED) is 0.838. The molecule has 3 rings (SSSR count). The summed E-state index contributed by atoms with van der Waals surface area (Å²) in [5, 5.41) is 12.7. The van der Waals surface area contributed by atoms with Gasteiger partial charge < -0.3 is 20.2 Å². The molecule has 0 aliphatic carbocycles.